The first-order valence-electron chi connectivity index (χ1n) is 11.7. The van der Waals surface area contributed by atoms with Crippen molar-refractivity contribution in [2.45, 2.75) is 19.4 Å². The Bertz CT molecular complexity index is 1560. The van der Waals surface area contributed by atoms with Crippen LogP contribution in [-0.2, 0) is 13.6 Å². The number of benzene rings is 2. The Morgan fingerprint density at radius 1 is 1.11 bits per heavy atom. The van der Waals surface area contributed by atoms with Crippen LogP contribution in [0.2, 0.25) is 0 Å². The summed E-state index contributed by atoms with van der Waals surface area (Å²) in [5.74, 6) is -0.223. The predicted molar refractivity (Wildman–Crippen MR) is 137 cm³/mol. The molecule has 5 rings (SSSR count). The fraction of sp³-hybridized carbons (Fsp3) is 0.192. The molecule has 10 nitrogen and oxygen atoms in total. The minimum absolute atomic E-state index is 0.129. The van der Waals surface area contributed by atoms with Crippen LogP contribution in [0.25, 0.3) is 22.2 Å². The highest BCUT2D eigenvalue weighted by molar-refractivity contribution is 5.95. The van der Waals surface area contributed by atoms with Crippen LogP contribution in [0.1, 0.15) is 12.8 Å². The maximum absolute atomic E-state index is 14.7. The number of nitro groups is 1. The van der Waals surface area contributed by atoms with Crippen molar-refractivity contribution < 1.29 is 14.1 Å². The molecule has 188 valence electrons. The van der Waals surface area contributed by atoms with Gasteiger partial charge in [0.2, 0.25) is 5.95 Å². The molecule has 3 heterocycles. The van der Waals surface area contributed by atoms with Gasteiger partial charge < -0.3 is 24.7 Å². The van der Waals surface area contributed by atoms with Crippen LogP contribution in [0.15, 0.2) is 73.3 Å². The lowest BCUT2D eigenvalue weighted by molar-refractivity contribution is -0.396. The van der Waals surface area contributed by atoms with E-state index in [0.29, 0.717) is 31.0 Å². The molecule has 0 saturated carbocycles. The number of nitrogens with one attached hydrogen (secondary N) is 1. The van der Waals surface area contributed by atoms with Crippen molar-refractivity contribution in [3.63, 3.8) is 0 Å². The van der Waals surface area contributed by atoms with E-state index in [4.69, 9.17) is 4.74 Å². The van der Waals surface area contributed by atoms with E-state index in [9.17, 15) is 14.5 Å². The molecule has 0 fully saturated rings. The van der Waals surface area contributed by atoms with Gasteiger partial charge in [-0.05, 0) is 42.0 Å². The van der Waals surface area contributed by atoms with Crippen molar-refractivity contribution in [2.24, 2.45) is 7.05 Å². The Balaban J connectivity index is 1.19. The number of hydrogen-bond donors (Lipinski definition) is 1. The molecule has 0 radical (unpaired) electrons. The van der Waals surface area contributed by atoms with Crippen LogP contribution in [0.4, 0.5) is 22.0 Å². The molecule has 0 spiro atoms. The lowest BCUT2D eigenvalue weighted by Crippen LogP contribution is -2.05. The second-order valence-electron chi connectivity index (χ2n) is 8.44. The molecular weight excluding hydrogens is 477 g/mol. The smallest absolute Gasteiger partial charge is 0.434 e. The zero-order valence-electron chi connectivity index (χ0n) is 20.0. The van der Waals surface area contributed by atoms with Gasteiger partial charge in [-0.15, -0.1) is 0 Å². The topological polar surface area (TPSA) is 113 Å². The minimum atomic E-state index is -0.521. The number of ether oxygens (including phenoxy) is 1. The maximum atomic E-state index is 14.7. The van der Waals surface area contributed by atoms with Crippen molar-refractivity contribution in [3.05, 3.63) is 89.2 Å². The Morgan fingerprint density at radius 3 is 2.81 bits per heavy atom. The summed E-state index contributed by atoms with van der Waals surface area (Å²) < 4.78 is 23.7. The van der Waals surface area contributed by atoms with Gasteiger partial charge in [0, 0.05) is 47.7 Å². The molecule has 0 aliphatic carbocycles. The lowest BCUT2D eigenvalue weighted by Gasteiger charge is -2.10. The zero-order chi connectivity index (χ0) is 25.8. The SMILES string of the molecule is Cn1cc(-c2ccnc(Nc3ccc(OCCCCn4ccnc4[N+](=O)[O-])c(F)c3)n2)c2ccccc21. The molecular formula is C26H24FN7O3. The van der Waals surface area contributed by atoms with Gasteiger partial charge in [0.1, 0.15) is 12.4 Å². The van der Waals surface area contributed by atoms with Crippen LogP contribution in [-0.4, -0.2) is 35.6 Å². The van der Waals surface area contributed by atoms with Crippen LogP contribution in [0, 0.1) is 15.9 Å². The quantitative estimate of drug-likeness (QED) is 0.153. The van der Waals surface area contributed by atoms with Gasteiger partial charge in [0.15, 0.2) is 11.6 Å². The number of imidazole rings is 1. The number of halogens is 1. The van der Waals surface area contributed by atoms with Crippen LogP contribution in [0.3, 0.4) is 0 Å². The summed E-state index contributed by atoms with van der Waals surface area (Å²) in [6.07, 6.45) is 7.88. The first-order chi connectivity index (χ1) is 18.0. The molecule has 3 aromatic heterocycles. The second kappa shape index (κ2) is 10.4. The molecule has 0 bridgehead atoms. The number of aromatic nitrogens is 5. The van der Waals surface area contributed by atoms with E-state index < -0.39 is 10.7 Å². The Hall–Kier alpha value is -4.80. The summed E-state index contributed by atoms with van der Waals surface area (Å²) in [6, 6.07) is 14.5. The van der Waals surface area contributed by atoms with Gasteiger partial charge in [0.05, 0.1) is 18.8 Å². The monoisotopic (exact) mass is 501 g/mol. The summed E-state index contributed by atoms with van der Waals surface area (Å²) in [5, 5.41) is 15.1. The normalized spacial score (nSPS) is 11.1. The van der Waals surface area contributed by atoms with E-state index >= 15 is 0 Å². The summed E-state index contributed by atoms with van der Waals surface area (Å²) in [5.41, 5.74) is 3.34. The summed E-state index contributed by atoms with van der Waals surface area (Å²) in [6.45, 7) is 0.714. The van der Waals surface area contributed by atoms with Gasteiger partial charge in [0.25, 0.3) is 0 Å². The Kier molecular flexibility index (Phi) is 6.75. The van der Waals surface area contributed by atoms with Crippen LogP contribution < -0.4 is 10.1 Å². The largest absolute Gasteiger partial charge is 0.491 e. The second-order valence-corrected chi connectivity index (χ2v) is 8.44. The third-order valence-electron chi connectivity index (χ3n) is 5.92. The molecule has 11 heteroatoms. The number of para-hydroxylation sites is 1. The Labute approximate surface area is 211 Å². The van der Waals surface area contributed by atoms with E-state index in [1.165, 1.54) is 16.8 Å². The molecule has 37 heavy (non-hydrogen) atoms. The van der Waals surface area contributed by atoms with Crippen LogP contribution >= 0.6 is 0 Å². The zero-order valence-corrected chi connectivity index (χ0v) is 20.0. The molecule has 1 N–H and O–H groups in total. The summed E-state index contributed by atoms with van der Waals surface area (Å²) >= 11 is 0. The van der Waals surface area contributed by atoms with Crippen molar-refractivity contribution in [1.29, 1.82) is 0 Å². The average molecular weight is 502 g/mol. The highest BCUT2D eigenvalue weighted by atomic mass is 19.1. The van der Waals surface area contributed by atoms with E-state index in [2.05, 4.69) is 37.0 Å². The third kappa shape index (κ3) is 5.25. The van der Waals surface area contributed by atoms with Gasteiger partial charge in [-0.3, -0.25) is 0 Å². The van der Waals surface area contributed by atoms with Crippen molar-refractivity contribution in [2.75, 3.05) is 11.9 Å². The van der Waals surface area contributed by atoms with Gasteiger partial charge in [-0.25, -0.2) is 18.9 Å². The molecule has 0 unspecified atom stereocenters. The van der Waals surface area contributed by atoms with E-state index in [1.807, 2.05) is 31.4 Å². The number of rotatable bonds is 10. The molecule has 0 saturated heterocycles. The van der Waals surface area contributed by atoms with Crippen molar-refractivity contribution in [3.8, 4) is 17.0 Å². The van der Waals surface area contributed by atoms with Gasteiger partial charge in [-0.1, -0.05) is 23.2 Å². The fourth-order valence-corrected chi connectivity index (χ4v) is 4.15. The van der Waals surface area contributed by atoms with Gasteiger partial charge >= 0.3 is 5.95 Å². The number of anilines is 2. The average Bonchev–Trinajstić information content (AvgIpc) is 3.50. The number of hydrogen-bond acceptors (Lipinski definition) is 7. The maximum Gasteiger partial charge on any atom is 0.434 e. The standard InChI is InChI=1S/C26H24FN7O3/c1-32-17-20(19-6-2-3-7-23(19)32)22-10-11-28-25(31-22)30-18-8-9-24(21(27)16-18)37-15-5-4-13-33-14-12-29-26(33)34(35)36/h2-3,6-12,14,16-17H,4-5,13,15H2,1H3,(H,28,30,31). The van der Waals surface area contributed by atoms with E-state index in [0.717, 1.165) is 22.2 Å². The number of unbranched alkanes of at least 4 members (excludes halogenated alkanes) is 1. The molecule has 0 atom stereocenters. The van der Waals surface area contributed by atoms with Crippen LogP contribution in [0.5, 0.6) is 5.75 Å². The summed E-state index contributed by atoms with van der Waals surface area (Å²) in [4.78, 5) is 23.0. The van der Waals surface area contributed by atoms with Crippen molar-refractivity contribution in [1.82, 2.24) is 24.1 Å². The first-order valence-corrected chi connectivity index (χ1v) is 11.7. The predicted octanol–water partition coefficient (Wildman–Crippen LogP) is 5.48. The molecule has 2 aromatic carbocycles. The van der Waals surface area contributed by atoms with Gasteiger partial charge in [-0.2, -0.15) is 0 Å². The Morgan fingerprint density at radius 2 is 1.97 bits per heavy atom. The minimum Gasteiger partial charge on any atom is -0.491 e. The lowest BCUT2D eigenvalue weighted by atomic mass is 10.1. The molecule has 0 amide bonds. The fourth-order valence-electron chi connectivity index (χ4n) is 4.15. The molecule has 0 aliphatic rings. The number of nitrogens with zero attached hydrogens (tertiary/aromatic N) is 6. The number of aryl methyl sites for hydroxylation is 2. The van der Waals surface area contributed by atoms with E-state index in [-0.39, 0.29) is 18.3 Å². The third-order valence-corrected chi connectivity index (χ3v) is 5.92. The van der Waals surface area contributed by atoms with E-state index in [1.54, 1.807) is 24.5 Å². The van der Waals surface area contributed by atoms with Crippen molar-refractivity contribution >= 4 is 28.5 Å². The summed E-state index contributed by atoms with van der Waals surface area (Å²) in [7, 11) is 1.99. The highest BCUT2D eigenvalue weighted by Gasteiger charge is 2.14. The molecule has 0 aliphatic heterocycles. The highest BCUT2D eigenvalue weighted by Crippen LogP contribution is 2.30. The first kappa shape index (κ1) is 23.9. The number of fused-ring (bicyclic) bond motifs is 1. The molecule has 5 aromatic rings.